The first-order valence-electron chi connectivity index (χ1n) is 8.10. The van der Waals surface area contributed by atoms with Crippen molar-refractivity contribution in [1.29, 1.82) is 0 Å². The van der Waals surface area contributed by atoms with E-state index in [2.05, 4.69) is 4.99 Å². The van der Waals surface area contributed by atoms with Crippen LogP contribution in [-0.4, -0.2) is 36.7 Å². The Hall–Kier alpha value is -1.92. The number of nitrogens with zero attached hydrogens (tertiary/aromatic N) is 1. The number of aliphatic imine (C=N–C) groups is 1. The van der Waals surface area contributed by atoms with E-state index in [1.165, 1.54) is 0 Å². The summed E-state index contributed by atoms with van der Waals surface area (Å²) in [7, 11) is 0. The predicted octanol–water partition coefficient (Wildman–Crippen LogP) is 3.22. The first-order valence-corrected chi connectivity index (χ1v) is 8.10. The first kappa shape index (κ1) is 18.4. The van der Waals surface area contributed by atoms with E-state index in [0.717, 1.165) is 5.56 Å². The molecule has 1 aromatic carbocycles. The molecule has 0 bridgehead atoms. The van der Waals surface area contributed by atoms with Gasteiger partial charge in [0.15, 0.2) is 12.4 Å². The highest BCUT2D eigenvalue weighted by Gasteiger charge is 2.40. The molecule has 0 saturated heterocycles. The molecule has 0 saturated carbocycles. The number of rotatable bonds is 5. The van der Waals surface area contributed by atoms with Gasteiger partial charge in [-0.25, -0.2) is 9.79 Å². The van der Waals surface area contributed by atoms with Gasteiger partial charge < -0.3 is 18.9 Å². The molecule has 132 valence electrons. The molecule has 24 heavy (non-hydrogen) atoms. The zero-order valence-corrected chi connectivity index (χ0v) is 14.8. The monoisotopic (exact) mass is 335 g/mol. The maximum absolute atomic E-state index is 12.5. The molecule has 2 rings (SSSR count). The van der Waals surface area contributed by atoms with Crippen LogP contribution >= 0.6 is 0 Å². The SMILES string of the molecule is CCOC(C)O[C@H]1C(=O)OC(OC(C)(C)C)=N[C@H]1c1ccccc1. The minimum absolute atomic E-state index is 0.0368. The van der Waals surface area contributed by atoms with Crippen molar-refractivity contribution >= 4 is 12.1 Å². The summed E-state index contributed by atoms with van der Waals surface area (Å²) in [6.07, 6.45) is -1.47. The summed E-state index contributed by atoms with van der Waals surface area (Å²) in [6.45, 7) is 9.67. The lowest BCUT2D eigenvalue weighted by Crippen LogP contribution is -2.42. The quantitative estimate of drug-likeness (QED) is 0.610. The predicted molar refractivity (Wildman–Crippen MR) is 89.5 cm³/mol. The Morgan fingerprint density at radius 2 is 1.92 bits per heavy atom. The third-order valence-corrected chi connectivity index (χ3v) is 3.23. The van der Waals surface area contributed by atoms with Gasteiger partial charge in [-0.15, -0.1) is 0 Å². The van der Waals surface area contributed by atoms with E-state index in [1.807, 2.05) is 58.0 Å². The summed E-state index contributed by atoms with van der Waals surface area (Å²) in [6, 6.07) is 8.91. The first-order chi connectivity index (χ1) is 11.3. The van der Waals surface area contributed by atoms with Crippen molar-refractivity contribution in [3.8, 4) is 0 Å². The molecule has 1 aliphatic rings. The van der Waals surface area contributed by atoms with Gasteiger partial charge in [-0.1, -0.05) is 30.3 Å². The fourth-order valence-corrected chi connectivity index (χ4v) is 2.30. The van der Waals surface area contributed by atoms with Crippen LogP contribution in [0.1, 0.15) is 46.2 Å². The normalized spacial score (nSPS) is 22.5. The average molecular weight is 335 g/mol. The van der Waals surface area contributed by atoms with Crippen LogP contribution in [0.25, 0.3) is 0 Å². The van der Waals surface area contributed by atoms with Crippen LogP contribution < -0.4 is 0 Å². The van der Waals surface area contributed by atoms with E-state index < -0.39 is 30.0 Å². The van der Waals surface area contributed by atoms with E-state index in [1.54, 1.807) is 6.92 Å². The summed E-state index contributed by atoms with van der Waals surface area (Å²) in [5.41, 5.74) is 0.324. The van der Waals surface area contributed by atoms with Crippen LogP contribution in [-0.2, 0) is 23.7 Å². The Morgan fingerprint density at radius 3 is 2.50 bits per heavy atom. The second-order valence-electron chi connectivity index (χ2n) is 6.47. The van der Waals surface area contributed by atoms with E-state index in [0.29, 0.717) is 6.61 Å². The van der Waals surface area contributed by atoms with Crippen molar-refractivity contribution in [1.82, 2.24) is 0 Å². The summed E-state index contributed by atoms with van der Waals surface area (Å²) in [4.78, 5) is 16.9. The molecule has 0 aliphatic carbocycles. The van der Waals surface area contributed by atoms with Gasteiger partial charge in [0.1, 0.15) is 11.6 Å². The number of cyclic esters (lactones) is 1. The maximum atomic E-state index is 12.5. The second-order valence-corrected chi connectivity index (χ2v) is 6.47. The molecule has 0 N–H and O–H groups in total. The van der Waals surface area contributed by atoms with Crippen LogP contribution in [0.3, 0.4) is 0 Å². The Labute approximate surface area is 142 Å². The summed E-state index contributed by atoms with van der Waals surface area (Å²) in [5, 5.41) is 0. The van der Waals surface area contributed by atoms with Gasteiger partial charge in [0, 0.05) is 6.61 Å². The molecule has 1 unspecified atom stereocenters. The van der Waals surface area contributed by atoms with Crippen LogP contribution in [0.5, 0.6) is 0 Å². The lowest BCUT2D eigenvalue weighted by atomic mass is 10.0. The smallest absolute Gasteiger partial charge is 0.392 e. The van der Waals surface area contributed by atoms with Crippen molar-refractivity contribution in [3.05, 3.63) is 35.9 Å². The molecule has 1 heterocycles. The van der Waals surface area contributed by atoms with Crippen LogP contribution in [0.4, 0.5) is 0 Å². The highest BCUT2D eigenvalue weighted by Crippen LogP contribution is 2.30. The number of esters is 1. The van der Waals surface area contributed by atoms with Crippen molar-refractivity contribution in [3.63, 3.8) is 0 Å². The molecular weight excluding hydrogens is 310 g/mol. The number of hydrogen-bond donors (Lipinski definition) is 0. The largest absolute Gasteiger partial charge is 0.445 e. The van der Waals surface area contributed by atoms with E-state index in [4.69, 9.17) is 18.9 Å². The molecule has 1 aliphatic heterocycles. The van der Waals surface area contributed by atoms with Crippen molar-refractivity contribution in [2.75, 3.05) is 6.61 Å². The molecule has 0 spiro atoms. The number of carbonyl (C=O) groups is 1. The number of carbonyl (C=O) groups excluding carboxylic acids is 1. The van der Waals surface area contributed by atoms with Gasteiger partial charge in [0.25, 0.3) is 0 Å². The Morgan fingerprint density at radius 1 is 1.25 bits per heavy atom. The van der Waals surface area contributed by atoms with Gasteiger partial charge in [-0.05, 0) is 40.2 Å². The number of benzene rings is 1. The minimum atomic E-state index is -0.888. The summed E-state index contributed by atoms with van der Waals surface area (Å²) < 4.78 is 21.9. The van der Waals surface area contributed by atoms with Crippen molar-refractivity contribution < 1.29 is 23.7 Å². The topological polar surface area (TPSA) is 66.4 Å². The van der Waals surface area contributed by atoms with Crippen LogP contribution in [0, 0.1) is 0 Å². The molecule has 0 aromatic heterocycles. The molecule has 0 amide bonds. The van der Waals surface area contributed by atoms with Gasteiger partial charge in [0.05, 0.1) is 0 Å². The third-order valence-electron chi connectivity index (χ3n) is 3.23. The molecule has 6 nitrogen and oxygen atoms in total. The van der Waals surface area contributed by atoms with Gasteiger partial charge >= 0.3 is 12.1 Å². The lowest BCUT2D eigenvalue weighted by Gasteiger charge is -2.31. The number of ether oxygens (including phenoxy) is 4. The van der Waals surface area contributed by atoms with Gasteiger partial charge in [-0.2, -0.15) is 0 Å². The van der Waals surface area contributed by atoms with Crippen LogP contribution in [0.15, 0.2) is 35.3 Å². The maximum Gasteiger partial charge on any atom is 0.392 e. The Balaban J connectivity index is 2.30. The lowest BCUT2D eigenvalue weighted by molar-refractivity contribution is -0.190. The molecule has 6 heteroatoms. The average Bonchev–Trinajstić information content (AvgIpc) is 2.49. The second kappa shape index (κ2) is 7.77. The summed E-state index contributed by atoms with van der Waals surface area (Å²) >= 11 is 0. The van der Waals surface area contributed by atoms with Gasteiger partial charge in [0.2, 0.25) is 0 Å². The molecule has 0 radical (unpaired) electrons. The highest BCUT2D eigenvalue weighted by atomic mass is 16.7. The Bertz CT molecular complexity index is 579. The summed E-state index contributed by atoms with van der Waals surface area (Å²) in [5.74, 6) is -0.537. The zero-order chi connectivity index (χ0) is 17.7. The fraction of sp³-hybridized carbons (Fsp3) is 0.556. The highest BCUT2D eigenvalue weighted by molar-refractivity contribution is 5.90. The van der Waals surface area contributed by atoms with Crippen LogP contribution in [0.2, 0.25) is 0 Å². The molecule has 3 atom stereocenters. The van der Waals surface area contributed by atoms with E-state index in [9.17, 15) is 4.79 Å². The van der Waals surface area contributed by atoms with E-state index in [-0.39, 0.29) is 6.08 Å². The van der Waals surface area contributed by atoms with Crippen molar-refractivity contribution in [2.24, 2.45) is 4.99 Å². The zero-order valence-electron chi connectivity index (χ0n) is 14.8. The standard InChI is InChI=1S/C18H25NO5/c1-6-21-12(2)22-15-14(13-10-8-7-9-11-13)19-17(23-16(15)20)24-18(3,4)5/h7-12,14-15H,6H2,1-5H3/t12?,14-,15+/m0/s1. The minimum Gasteiger partial charge on any atom is -0.445 e. The number of hydrogen-bond acceptors (Lipinski definition) is 6. The van der Waals surface area contributed by atoms with E-state index >= 15 is 0 Å². The Kier molecular flexibility index (Phi) is 5.96. The molecular formula is C18H25NO5. The van der Waals surface area contributed by atoms with Crippen molar-refractivity contribution in [2.45, 2.75) is 58.7 Å². The molecule has 1 aromatic rings. The molecule has 0 fully saturated rings. The fourth-order valence-electron chi connectivity index (χ4n) is 2.30. The van der Waals surface area contributed by atoms with Gasteiger partial charge in [-0.3, -0.25) is 0 Å². The third kappa shape index (κ3) is 5.04.